The molecule has 0 radical (unpaired) electrons. The molecule has 1 N–H and O–H groups in total. The fourth-order valence-corrected chi connectivity index (χ4v) is 2.90. The van der Waals surface area contributed by atoms with Gasteiger partial charge in [-0.3, -0.25) is 4.99 Å². The van der Waals surface area contributed by atoms with Gasteiger partial charge in [-0.05, 0) is 36.4 Å². The summed E-state index contributed by atoms with van der Waals surface area (Å²) in [6, 6.07) is 14.2. The van der Waals surface area contributed by atoms with Crippen molar-refractivity contribution in [3.05, 3.63) is 52.7 Å². The summed E-state index contributed by atoms with van der Waals surface area (Å²) in [6.45, 7) is 2.51. The molecular weight excluding hydrogens is 306 g/mol. The number of thiophene rings is 1. The quantitative estimate of drug-likeness (QED) is 0.458. The largest absolute Gasteiger partial charge is 0.494 e. The van der Waals surface area contributed by atoms with Gasteiger partial charge in [-0.15, -0.1) is 11.3 Å². The van der Waals surface area contributed by atoms with E-state index >= 15 is 0 Å². The van der Waals surface area contributed by atoms with Gasteiger partial charge in [0, 0.05) is 32.1 Å². The van der Waals surface area contributed by atoms with Crippen molar-refractivity contribution in [3.8, 4) is 5.75 Å². The topological polar surface area (TPSA) is 36.9 Å². The summed E-state index contributed by atoms with van der Waals surface area (Å²) >= 11 is 1.80. The average molecular weight is 331 g/mol. The molecule has 0 aliphatic rings. The van der Waals surface area contributed by atoms with Crippen molar-refractivity contribution in [2.45, 2.75) is 12.8 Å². The lowest BCUT2D eigenvalue weighted by Crippen LogP contribution is -2.40. The maximum atomic E-state index is 5.69. The maximum Gasteiger partial charge on any atom is 0.193 e. The molecular formula is C18H25N3OS. The molecule has 0 aliphatic carbocycles. The van der Waals surface area contributed by atoms with E-state index < -0.39 is 0 Å². The van der Waals surface area contributed by atoms with Crippen molar-refractivity contribution >= 4 is 17.3 Å². The highest BCUT2D eigenvalue weighted by Crippen LogP contribution is 2.09. The number of para-hydroxylation sites is 1. The SMILES string of the molecule is CN=C(NCCCOc1ccccc1)N(C)CCc1cccs1. The molecule has 0 fully saturated rings. The van der Waals surface area contributed by atoms with Crippen molar-refractivity contribution in [1.82, 2.24) is 10.2 Å². The fourth-order valence-electron chi connectivity index (χ4n) is 2.20. The molecule has 0 saturated heterocycles. The van der Waals surface area contributed by atoms with Crippen molar-refractivity contribution in [2.75, 3.05) is 33.8 Å². The van der Waals surface area contributed by atoms with Gasteiger partial charge in [-0.1, -0.05) is 24.3 Å². The second-order valence-electron chi connectivity index (χ2n) is 5.24. The van der Waals surface area contributed by atoms with E-state index in [-0.39, 0.29) is 0 Å². The molecule has 0 amide bonds. The van der Waals surface area contributed by atoms with E-state index in [9.17, 15) is 0 Å². The van der Waals surface area contributed by atoms with Gasteiger partial charge < -0.3 is 15.0 Å². The molecule has 4 nitrogen and oxygen atoms in total. The molecule has 0 atom stereocenters. The van der Waals surface area contributed by atoms with Gasteiger partial charge in [0.05, 0.1) is 6.61 Å². The van der Waals surface area contributed by atoms with Crippen LogP contribution in [-0.2, 0) is 6.42 Å². The summed E-state index contributed by atoms with van der Waals surface area (Å²) in [7, 11) is 3.90. The minimum Gasteiger partial charge on any atom is -0.494 e. The molecule has 0 aliphatic heterocycles. The predicted molar refractivity (Wildman–Crippen MR) is 98.6 cm³/mol. The lowest BCUT2D eigenvalue weighted by atomic mass is 10.3. The van der Waals surface area contributed by atoms with Gasteiger partial charge in [0.15, 0.2) is 5.96 Å². The Kier molecular flexibility index (Phi) is 7.46. The Labute approximate surface area is 142 Å². The van der Waals surface area contributed by atoms with Gasteiger partial charge >= 0.3 is 0 Å². The second kappa shape index (κ2) is 9.90. The molecule has 0 spiro atoms. The van der Waals surface area contributed by atoms with Crippen LogP contribution in [0.5, 0.6) is 5.75 Å². The molecule has 23 heavy (non-hydrogen) atoms. The standard InChI is InChI=1S/C18H25N3OS/c1-19-18(21(2)13-11-17-10-6-15-23-17)20-12-7-14-22-16-8-4-3-5-9-16/h3-6,8-10,15H,7,11-14H2,1-2H3,(H,19,20). The Morgan fingerprint density at radius 2 is 2.04 bits per heavy atom. The van der Waals surface area contributed by atoms with Crippen molar-refractivity contribution in [3.63, 3.8) is 0 Å². The molecule has 124 valence electrons. The van der Waals surface area contributed by atoms with Crippen LogP contribution >= 0.6 is 11.3 Å². The van der Waals surface area contributed by atoms with Crippen molar-refractivity contribution in [1.29, 1.82) is 0 Å². The van der Waals surface area contributed by atoms with Gasteiger partial charge in [-0.25, -0.2) is 0 Å². The normalized spacial score (nSPS) is 11.3. The van der Waals surface area contributed by atoms with Crippen LogP contribution in [0.4, 0.5) is 0 Å². The first kappa shape index (κ1) is 17.3. The number of hydrogen-bond donors (Lipinski definition) is 1. The number of aliphatic imine (C=N–C) groups is 1. The Hall–Kier alpha value is -2.01. The predicted octanol–water partition coefficient (Wildman–Crippen LogP) is 3.27. The zero-order chi connectivity index (χ0) is 16.3. The number of ether oxygens (including phenoxy) is 1. The van der Waals surface area contributed by atoms with Crippen LogP contribution in [0.25, 0.3) is 0 Å². The molecule has 0 unspecified atom stereocenters. The molecule has 0 bridgehead atoms. The number of benzene rings is 1. The molecule has 2 aromatic rings. The Balaban J connectivity index is 1.62. The zero-order valence-corrected chi connectivity index (χ0v) is 14.7. The number of hydrogen-bond acceptors (Lipinski definition) is 3. The third-order valence-electron chi connectivity index (χ3n) is 3.46. The zero-order valence-electron chi connectivity index (χ0n) is 13.9. The van der Waals surface area contributed by atoms with Gasteiger partial charge in [-0.2, -0.15) is 0 Å². The third-order valence-corrected chi connectivity index (χ3v) is 4.40. The van der Waals surface area contributed by atoms with E-state index in [2.05, 4.69) is 39.8 Å². The first-order valence-corrected chi connectivity index (χ1v) is 8.79. The maximum absolute atomic E-state index is 5.69. The number of nitrogens with zero attached hydrogens (tertiary/aromatic N) is 2. The molecule has 2 rings (SSSR count). The first-order chi connectivity index (χ1) is 11.3. The lowest BCUT2D eigenvalue weighted by Gasteiger charge is -2.21. The third kappa shape index (κ3) is 6.32. The number of rotatable bonds is 8. The van der Waals surface area contributed by atoms with Crippen LogP contribution in [-0.4, -0.2) is 44.7 Å². The minimum atomic E-state index is 0.701. The highest BCUT2D eigenvalue weighted by molar-refractivity contribution is 7.09. The Morgan fingerprint density at radius 1 is 1.22 bits per heavy atom. The van der Waals surface area contributed by atoms with Crippen LogP contribution in [0, 0.1) is 0 Å². The minimum absolute atomic E-state index is 0.701. The summed E-state index contributed by atoms with van der Waals surface area (Å²) in [5.74, 6) is 1.85. The van der Waals surface area contributed by atoms with Gasteiger partial charge in [0.25, 0.3) is 0 Å². The van der Waals surface area contributed by atoms with E-state index in [0.29, 0.717) is 6.61 Å². The van der Waals surface area contributed by atoms with Crippen molar-refractivity contribution in [2.24, 2.45) is 4.99 Å². The van der Waals surface area contributed by atoms with E-state index in [1.54, 1.807) is 11.3 Å². The first-order valence-electron chi connectivity index (χ1n) is 7.91. The molecule has 5 heteroatoms. The highest BCUT2D eigenvalue weighted by Gasteiger charge is 2.05. The van der Waals surface area contributed by atoms with E-state index in [4.69, 9.17) is 4.74 Å². The summed E-state index contributed by atoms with van der Waals surface area (Å²) in [4.78, 5) is 7.91. The lowest BCUT2D eigenvalue weighted by molar-refractivity contribution is 0.310. The Morgan fingerprint density at radius 3 is 2.74 bits per heavy atom. The van der Waals surface area contributed by atoms with E-state index in [1.165, 1.54) is 4.88 Å². The number of likely N-dealkylation sites (N-methyl/N-ethyl adjacent to an activating group) is 1. The highest BCUT2D eigenvalue weighted by atomic mass is 32.1. The summed E-state index contributed by atoms with van der Waals surface area (Å²) in [5, 5.41) is 5.51. The van der Waals surface area contributed by atoms with E-state index in [1.807, 2.05) is 37.4 Å². The second-order valence-corrected chi connectivity index (χ2v) is 6.27. The van der Waals surface area contributed by atoms with Gasteiger partial charge in [0.2, 0.25) is 0 Å². The summed E-state index contributed by atoms with van der Waals surface area (Å²) < 4.78 is 5.69. The van der Waals surface area contributed by atoms with Crippen LogP contribution in [0.2, 0.25) is 0 Å². The van der Waals surface area contributed by atoms with Crippen LogP contribution in [0.15, 0.2) is 52.8 Å². The average Bonchev–Trinajstić information content (AvgIpc) is 3.10. The van der Waals surface area contributed by atoms with Crippen LogP contribution < -0.4 is 10.1 Å². The molecule has 1 heterocycles. The summed E-state index contributed by atoms with van der Waals surface area (Å²) in [5.41, 5.74) is 0. The molecule has 1 aromatic heterocycles. The monoisotopic (exact) mass is 331 g/mol. The van der Waals surface area contributed by atoms with Crippen LogP contribution in [0.3, 0.4) is 0 Å². The molecule has 1 aromatic carbocycles. The van der Waals surface area contributed by atoms with Crippen LogP contribution in [0.1, 0.15) is 11.3 Å². The number of nitrogens with one attached hydrogen (secondary N) is 1. The fraction of sp³-hybridized carbons (Fsp3) is 0.389. The van der Waals surface area contributed by atoms with Crippen molar-refractivity contribution < 1.29 is 4.74 Å². The Bertz CT molecular complexity index is 569. The van der Waals surface area contributed by atoms with E-state index in [0.717, 1.165) is 37.6 Å². The summed E-state index contributed by atoms with van der Waals surface area (Å²) in [6.07, 6.45) is 1.98. The smallest absolute Gasteiger partial charge is 0.193 e. The van der Waals surface area contributed by atoms with Gasteiger partial charge in [0.1, 0.15) is 5.75 Å². The molecule has 0 saturated carbocycles. The number of guanidine groups is 1.